The molecule has 2 aromatic carbocycles. The maximum absolute atomic E-state index is 13.5. The molecule has 0 aromatic heterocycles. The van der Waals surface area contributed by atoms with Gasteiger partial charge in [-0.1, -0.05) is 41.9 Å². The number of benzene rings is 2. The van der Waals surface area contributed by atoms with Crippen LogP contribution in [0.1, 0.15) is 24.8 Å². The van der Waals surface area contributed by atoms with Gasteiger partial charge in [0.05, 0.1) is 12.0 Å². The van der Waals surface area contributed by atoms with E-state index in [0.717, 1.165) is 43.7 Å². The highest BCUT2D eigenvalue weighted by Gasteiger charge is 2.43. The molecule has 5 heteroatoms. The summed E-state index contributed by atoms with van der Waals surface area (Å²) in [6.07, 6.45) is 2.51. The molecule has 1 amide bonds. The number of hydrogen-bond donors (Lipinski definition) is 0. The lowest BCUT2D eigenvalue weighted by atomic mass is 9.71. The van der Waals surface area contributed by atoms with Crippen LogP contribution >= 0.6 is 11.6 Å². The number of ether oxygens (including phenoxy) is 1. The summed E-state index contributed by atoms with van der Waals surface area (Å²) < 4.78 is 5.76. The lowest BCUT2D eigenvalue weighted by Gasteiger charge is -2.42. The first kappa shape index (κ1) is 20.7. The Morgan fingerprint density at radius 3 is 2.39 bits per heavy atom. The van der Waals surface area contributed by atoms with Gasteiger partial charge in [0.2, 0.25) is 5.91 Å². The summed E-state index contributed by atoms with van der Waals surface area (Å²) in [6.45, 7) is 3.12. The smallest absolute Gasteiger partial charge is 0.233 e. The third-order valence-corrected chi connectivity index (χ3v) is 5.90. The number of likely N-dealkylation sites (tertiary alicyclic amines) is 1. The van der Waals surface area contributed by atoms with Crippen molar-refractivity contribution < 1.29 is 9.53 Å². The normalized spacial score (nSPS) is 16.5. The maximum atomic E-state index is 13.5. The van der Waals surface area contributed by atoms with Gasteiger partial charge in [-0.15, -0.1) is 0 Å². The summed E-state index contributed by atoms with van der Waals surface area (Å²) in [5, 5.41) is 0.696. The Morgan fingerprint density at radius 1 is 1.11 bits per heavy atom. The van der Waals surface area contributed by atoms with Gasteiger partial charge < -0.3 is 14.5 Å². The largest absolute Gasteiger partial charge is 0.494 e. The highest BCUT2D eigenvalue weighted by atomic mass is 35.5. The van der Waals surface area contributed by atoms with Gasteiger partial charge in [0.15, 0.2) is 0 Å². The summed E-state index contributed by atoms with van der Waals surface area (Å²) in [5.41, 5.74) is 0.719. The fraction of sp³-hybridized carbons (Fsp3) is 0.435. The average molecular weight is 401 g/mol. The monoisotopic (exact) mass is 400 g/mol. The van der Waals surface area contributed by atoms with E-state index in [9.17, 15) is 4.79 Å². The average Bonchev–Trinajstić information content (AvgIpc) is 2.73. The van der Waals surface area contributed by atoms with Crippen molar-refractivity contribution in [3.63, 3.8) is 0 Å². The number of amides is 1. The fourth-order valence-electron chi connectivity index (χ4n) is 3.87. The maximum Gasteiger partial charge on any atom is 0.233 e. The fourth-order valence-corrected chi connectivity index (χ4v) is 4.00. The van der Waals surface area contributed by atoms with Gasteiger partial charge in [-0.25, -0.2) is 0 Å². The molecule has 3 rings (SSSR count). The summed E-state index contributed by atoms with van der Waals surface area (Å²) in [4.78, 5) is 17.7. The van der Waals surface area contributed by atoms with E-state index >= 15 is 0 Å². The molecular formula is C23H29ClN2O2. The summed E-state index contributed by atoms with van der Waals surface area (Å²) in [5.74, 6) is 1.02. The number of halogens is 1. The first-order valence-corrected chi connectivity index (χ1v) is 10.3. The molecular weight excluding hydrogens is 372 g/mol. The zero-order valence-corrected chi connectivity index (χ0v) is 17.5. The van der Waals surface area contributed by atoms with Crippen LogP contribution in [0.15, 0.2) is 54.6 Å². The van der Waals surface area contributed by atoms with E-state index in [0.29, 0.717) is 18.2 Å². The Kier molecular flexibility index (Phi) is 6.97. The van der Waals surface area contributed by atoms with Crippen molar-refractivity contribution in [1.29, 1.82) is 0 Å². The minimum Gasteiger partial charge on any atom is -0.494 e. The Labute approximate surface area is 173 Å². The molecule has 0 aliphatic carbocycles. The van der Waals surface area contributed by atoms with Crippen molar-refractivity contribution in [2.45, 2.75) is 24.7 Å². The van der Waals surface area contributed by atoms with E-state index in [-0.39, 0.29) is 5.91 Å². The second kappa shape index (κ2) is 9.44. The molecule has 4 nitrogen and oxygen atoms in total. The van der Waals surface area contributed by atoms with Crippen molar-refractivity contribution in [3.8, 4) is 5.75 Å². The number of carbonyl (C=O) groups excluding carboxylic acids is 1. The predicted octanol–water partition coefficient (Wildman–Crippen LogP) is 4.23. The third-order valence-electron chi connectivity index (χ3n) is 5.64. The van der Waals surface area contributed by atoms with Crippen molar-refractivity contribution >= 4 is 17.5 Å². The Bertz CT molecular complexity index is 756. The number of carbonyl (C=O) groups is 1. The molecule has 1 aliphatic rings. The number of rotatable bonds is 7. The number of hydrogen-bond acceptors (Lipinski definition) is 3. The molecule has 0 saturated carbocycles. The SMILES string of the molecule is CN1CCC(C(=O)N(C)CCCOc2ccc(Cl)cc2)(c2ccccc2)CC1. The summed E-state index contributed by atoms with van der Waals surface area (Å²) >= 11 is 5.89. The van der Waals surface area contributed by atoms with E-state index < -0.39 is 5.41 Å². The molecule has 1 saturated heterocycles. The second-order valence-corrected chi connectivity index (χ2v) is 8.07. The standard InChI is InChI=1S/C23H29ClN2O2/c1-25-16-13-23(14-17-25,19-7-4-3-5-8-19)22(27)26(2)15-6-18-28-21-11-9-20(24)10-12-21/h3-5,7-12H,6,13-18H2,1-2H3. The highest BCUT2D eigenvalue weighted by Crippen LogP contribution is 2.37. The van der Waals surface area contributed by atoms with Gasteiger partial charge in [-0.05, 0) is 69.2 Å². The number of nitrogens with zero attached hydrogens (tertiary/aromatic N) is 2. The second-order valence-electron chi connectivity index (χ2n) is 7.63. The molecule has 28 heavy (non-hydrogen) atoms. The van der Waals surface area contributed by atoms with Crippen LogP contribution in [0.2, 0.25) is 5.02 Å². The topological polar surface area (TPSA) is 32.8 Å². The van der Waals surface area contributed by atoms with E-state index in [1.165, 1.54) is 0 Å². The number of likely N-dealkylation sites (N-methyl/N-ethyl adjacent to an activating group) is 1. The molecule has 1 fully saturated rings. The van der Waals surface area contributed by atoms with Gasteiger partial charge in [0.25, 0.3) is 0 Å². The molecule has 0 N–H and O–H groups in total. The number of piperidine rings is 1. The zero-order valence-electron chi connectivity index (χ0n) is 16.7. The quantitative estimate of drug-likeness (QED) is 0.652. The van der Waals surface area contributed by atoms with Gasteiger partial charge in [-0.2, -0.15) is 0 Å². The van der Waals surface area contributed by atoms with Crippen LogP contribution in [0, 0.1) is 0 Å². The molecule has 0 radical (unpaired) electrons. The van der Waals surface area contributed by atoms with Crippen LogP contribution in [-0.2, 0) is 10.2 Å². The van der Waals surface area contributed by atoms with E-state index in [1.807, 2.05) is 54.4 Å². The molecule has 0 bridgehead atoms. The van der Waals surface area contributed by atoms with Gasteiger partial charge in [0, 0.05) is 18.6 Å². The molecule has 0 spiro atoms. The predicted molar refractivity (Wildman–Crippen MR) is 114 cm³/mol. The van der Waals surface area contributed by atoms with Crippen LogP contribution in [0.3, 0.4) is 0 Å². The van der Waals surface area contributed by atoms with Gasteiger partial charge >= 0.3 is 0 Å². The van der Waals surface area contributed by atoms with Crippen molar-refractivity contribution in [1.82, 2.24) is 9.80 Å². The highest BCUT2D eigenvalue weighted by molar-refractivity contribution is 6.30. The van der Waals surface area contributed by atoms with Crippen molar-refractivity contribution in [2.24, 2.45) is 0 Å². The van der Waals surface area contributed by atoms with Crippen LogP contribution in [0.5, 0.6) is 5.75 Å². The Balaban J connectivity index is 1.60. The van der Waals surface area contributed by atoms with E-state index in [1.54, 1.807) is 0 Å². The first-order valence-electron chi connectivity index (χ1n) is 9.89. The molecule has 0 atom stereocenters. The molecule has 2 aromatic rings. The minimum atomic E-state index is -0.417. The van der Waals surface area contributed by atoms with Crippen LogP contribution in [-0.4, -0.2) is 56.0 Å². The molecule has 150 valence electrons. The van der Waals surface area contributed by atoms with Gasteiger partial charge in [0.1, 0.15) is 5.75 Å². The Hall–Kier alpha value is -2.04. The lowest BCUT2D eigenvalue weighted by molar-refractivity contribution is -0.138. The lowest BCUT2D eigenvalue weighted by Crippen LogP contribution is -2.51. The molecule has 1 aliphatic heterocycles. The van der Waals surface area contributed by atoms with Gasteiger partial charge in [-0.3, -0.25) is 4.79 Å². The molecule has 0 unspecified atom stereocenters. The van der Waals surface area contributed by atoms with Crippen molar-refractivity contribution in [3.05, 3.63) is 65.2 Å². The van der Waals surface area contributed by atoms with Crippen LogP contribution < -0.4 is 4.74 Å². The zero-order chi connectivity index (χ0) is 20.0. The third kappa shape index (κ3) is 4.86. The first-order chi connectivity index (χ1) is 13.5. The summed E-state index contributed by atoms with van der Waals surface area (Å²) in [7, 11) is 4.03. The Morgan fingerprint density at radius 2 is 1.75 bits per heavy atom. The van der Waals surface area contributed by atoms with Crippen LogP contribution in [0.25, 0.3) is 0 Å². The van der Waals surface area contributed by atoms with Crippen molar-refractivity contribution in [2.75, 3.05) is 40.3 Å². The van der Waals surface area contributed by atoms with Crippen LogP contribution in [0.4, 0.5) is 0 Å². The summed E-state index contributed by atoms with van der Waals surface area (Å²) in [6, 6.07) is 17.6. The minimum absolute atomic E-state index is 0.221. The molecule has 1 heterocycles. The van der Waals surface area contributed by atoms with E-state index in [2.05, 4.69) is 24.1 Å². The van der Waals surface area contributed by atoms with E-state index in [4.69, 9.17) is 16.3 Å².